The van der Waals surface area contributed by atoms with Crippen LogP contribution in [-0.4, -0.2) is 22.5 Å². The first kappa shape index (κ1) is 18.7. The Kier molecular flexibility index (Phi) is 4.58. The molecule has 2 aromatic carbocycles. The normalized spacial score (nSPS) is 12.7. The number of amides is 1. The van der Waals surface area contributed by atoms with Crippen LogP contribution in [0.3, 0.4) is 0 Å². The minimum atomic E-state index is -1.20. The van der Waals surface area contributed by atoms with Gasteiger partial charge in [0.05, 0.1) is 5.69 Å². The molecule has 7 nitrogen and oxygen atoms in total. The number of anilines is 1. The summed E-state index contributed by atoms with van der Waals surface area (Å²) in [5.41, 5.74) is 1.51. The zero-order valence-corrected chi connectivity index (χ0v) is 16.4. The Bertz CT molecular complexity index is 1130. The summed E-state index contributed by atoms with van der Waals surface area (Å²) in [7, 11) is 0. The molecule has 0 atom stereocenters. The number of hydrogen-bond donors (Lipinski definition) is 1. The highest BCUT2D eigenvalue weighted by Crippen LogP contribution is 2.35. The van der Waals surface area contributed by atoms with Gasteiger partial charge < -0.3 is 14.8 Å². The molecule has 0 saturated carbocycles. The topological polar surface area (TPSA) is 82.5 Å². The summed E-state index contributed by atoms with van der Waals surface area (Å²) < 4.78 is 11.9. The number of hydrogen-bond acceptors (Lipinski definition) is 5. The van der Waals surface area contributed by atoms with Gasteiger partial charge in [-0.3, -0.25) is 9.59 Å². The molecule has 0 spiro atoms. The second kappa shape index (κ2) is 7.09. The van der Waals surface area contributed by atoms with Gasteiger partial charge in [0.2, 0.25) is 6.79 Å². The zero-order valence-electron chi connectivity index (χ0n) is 16.4. The lowest BCUT2D eigenvalue weighted by Gasteiger charge is -2.25. The number of nitrogens with zero attached hydrogens (tertiary/aromatic N) is 2. The van der Waals surface area contributed by atoms with Crippen LogP contribution in [0.4, 0.5) is 5.69 Å². The molecule has 1 aliphatic heterocycles. The summed E-state index contributed by atoms with van der Waals surface area (Å²) in [6.45, 7) is 5.47. The van der Waals surface area contributed by atoms with Gasteiger partial charge in [0, 0.05) is 17.3 Å². The summed E-state index contributed by atoms with van der Waals surface area (Å²) in [5, 5.41) is 7.32. The van der Waals surface area contributed by atoms with Crippen molar-refractivity contribution in [2.24, 2.45) is 0 Å². The van der Waals surface area contributed by atoms with Crippen molar-refractivity contribution in [1.29, 1.82) is 0 Å². The average molecular weight is 391 g/mol. The first-order valence-corrected chi connectivity index (χ1v) is 9.23. The van der Waals surface area contributed by atoms with E-state index in [2.05, 4.69) is 10.4 Å². The van der Waals surface area contributed by atoms with Gasteiger partial charge in [0.15, 0.2) is 11.5 Å². The smallest absolute Gasteiger partial charge is 0.267 e. The first-order chi connectivity index (χ1) is 13.8. The van der Waals surface area contributed by atoms with E-state index in [0.717, 1.165) is 11.1 Å². The predicted molar refractivity (Wildman–Crippen MR) is 109 cm³/mol. The predicted octanol–water partition coefficient (Wildman–Crippen LogP) is 3.32. The van der Waals surface area contributed by atoms with Crippen LogP contribution in [0.1, 0.15) is 19.4 Å². The highest BCUT2D eigenvalue weighted by atomic mass is 16.7. The number of carbonyl (C=O) groups is 1. The van der Waals surface area contributed by atoms with E-state index in [4.69, 9.17) is 9.47 Å². The lowest BCUT2D eigenvalue weighted by Crippen LogP contribution is -2.47. The van der Waals surface area contributed by atoms with Crippen LogP contribution in [0.2, 0.25) is 0 Å². The molecular weight excluding hydrogens is 370 g/mol. The maximum Gasteiger partial charge on any atom is 0.267 e. The fourth-order valence-electron chi connectivity index (χ4n) is 3.04. The van der Waals surface area contributed by atoms with Crippen LogP contribution >= 0.6 is 0 Å². The van der Waals surface area contributed by atoms with E-state index in [1.54, 1.807) is 32.0 Å². The van der Waals surface area contributed by atoms with Gasteiger partial charge in [-0.15, -0.1) is 0 Å². The molecule has 0 bridgehead atoms. The largest absolute Gasteiger partial charge is 0.454 e. The Morgan fingerprint density at radius 1 is 1.03 bits per heavy atom. The van der Waals surface area contributed by atoms with E-state index in [1.807, 2.05) is 37.3 Å². The molecular formula is C22H21N3O4. The number of fused-ring (bicyclic) bond motifs is 1. The van der Waals surface area contributed by atoms with Gasteiger partial charge in [-0.25, -0.2) is 4.68 Å². The molecule has 1 N–H and O–H groups in total. The van der Waals surface area contributed by atoms with Gasteiger partial charge in [0.1, 0.15) is 5.54 Å². The highest BCUT2D eigenvalue weighted by Gasteiger charge is 2.32. The number of ether oxygens (including phenoxy) is 2. The lowest BCUT2D eigenvalue weighted by atomic mass is 10.0. The molecule has 29 heavy (non-hydrogen) atoms. The summed E-state index contributed by atoms with van der Waals surface area (Å²) in [6.07, 6.45) is 0. The monoisotopic (exact) mass is 391 g/mol. The Balaban J connectivity index is 1.66. The standard InChI is InChI=1S/C22H21N3O4/c1-14-4-7-16(8-5-14)23-21(27)22(2,3)25-20(26)11-9-17(24-25)15-6-10-18-19(12-15)29-13-28-18/h4-12H,13H2,1-3H3,(H,23,27). The summed E-state index contributed by atoms with van der Waals surface area (Å²) in [6, 6.07) is 15.9. The minimum absolute atomic E-state index is 0.178. The van der Waals surface area contributed by atoms with Crippen molar-refractivity contribution in [2.45, 2.75) is 26.3 Å². The molecule has 1 aliphatic rings. The van der Waals surface area contributed by atoms with Gasteiger partial charge >= 0.3 is 0 Å². The van der Waals surface area contributed by atoms with Crippen LogP contribution in [0.25, 0.3) is 11.3 Å². The van der Waals surface area contributed by atoms with Crippen LogP contribution < -0.4 is 20.3 Å². The van der Waals surface area contributed by atoms with E-state index in [1.165, 1.54) is 10.7 Å². The molecule has 1 amide bonds. The highest BCUT2D eigenvalue weighted by molar-refractivity contribution is 5.96. The Hall–Kier alpha value is -3.61. The Labute approximate surface area is 167 Å². The number of carbonyl (C=O) groups excluding carboxylic acids is 1. The van der Waals surface area contributed by atoms with Crippen molar-refractivity contribution in [2.75, 3.05) is 12.1 Å². The van der Waals surface area contributed by atoms with Crippen LogP contribution in [-0.2, 0) is 10.3 Å². The fourth-order valence-corrected chi connectivity index (χ4v) is 3.04. The fraction of sp³-hybridized carbons (Fsp3) is 0.227. The Morgan fingerprint density at radius 3 is 2.52 bits per heavy atom. The molecule has 0 saturated heterocycles. The number of aromatic nitrogens is 2. The van der Waals surface area contributed by atoms with Crippen molar-refractivity contribution in [1.82, 2.24) is 9.78 Å². The summed E-state index contributed by atoms with van der Waals surface area (Å²) >= 11 is 0. The van der Waals surface area contributed by atoms with Crippen molar-refractivity contribution < 1.29 is 14.3 Å². The molecule has 0 radical (unpaired) electrons. The second-order valence-corrected chi connectivity index (χ2v) is 7.42. The van der Waals surface area contributed by atoms with Gasteiger partial charge in [0.25, 0.3) is 11.5 Å². The maximum absolute atomic E-state index is 12.9. The molecule has 0 unspecified atom stereocenters. The summed E-state index contributed by atoms with van der Waals surface area (Å²) in [4.78, 5) is 25.4. The van der Waals surface area contributed by atoms with Crippen LogP contribution in [0.5, 0.6) is 11.5 Å². The van der Waals surface area contributed by atoms with Crippen LogP contribution in [0.15, 0.2) is 59.4 Å². The molecule has 0 fully saturated rings. The average Bonchev–Trinajstić information content (AvgIpc) is 3.17. The van der Waals surface area contributed by atoms with E-state index in [0.29, 0.717) is 22.9 Å². The van der Waals surface area contributed by atoms with Crippen molar-refractivity contribution in [3.05, 3.63) is 70.5 Å². The molecule has 148 valence electrons. The van der Waals surface area contributed by atoms with E-state index < -0.39 is 5.54 Å². The lowest BCUT2D eigenvalue weighted by molar-refractivity contribution is -0.123. The number of nitrogens with one attached hydrogen (secondary N) is 1. The summed E-state index contributed by atoms with van der Waals surface area (Å²) in [5.74, 6) is 0.956. The molecule has 4 rings (SSSR count). The first-order valence-electron chi connectivity index (χ1n) is 9.23. The quantitative estimate of drug-likeness (QED) is 0.738. The Morgan fingerprint density at radius 2 is 1.76 bits per heavy atom. The minimum Gasteiger partial charge on any atom is -0.454 e. The molecule has 3 aromatic rings. The SMILES string of the molecule is Cc1ccc(NC(=O)C(C)(C)n2nc(-c3ccc4c(c3)OCO4)ccc2=O)cc1. The van der Waals surface area contributed by atoms with Crippen molar-refractivity contribution in [3.8, 4) is 22.8 Å². The third kappa shape index (κ3) is 3.59. The van der Waals surface area contributed by atoms with Gasteiger partial charge in [-0.1, -0.05) is 17.7 Å². The van der Waals surface area contributed by atoms with E-state index >= 15 is 0 Å². The second-order valence-electron chi connectivity index (χ2n) is 7.42. The zero-order chi connectivity index (χ0) is 20.6. The molecule has 0 aliphatic carbocycles. The maximum atomic E-state index is 12.9. The van der Waals surface area contributed by atoms with E-state index in [-0.39, 0.29) is 18.3 Å². The molecule has 2 heterocycles. The van der Waals surface area contributed by atoms with E-state index in [9.17, 15) is 9.59 Å². The third-order valence-corrected chi connectivity index (χ3v) is 4.86. The van der Waals surface area contributed by atoms with Gasteiger partial charge in [-0.05, 0) is 57.2 Å². The van der Waals surface area contributed by atoms with Crippen molar-refractivity contribution >= 4 is 11.6 Å². The number of rotatable bonds is 4. The molecule has 1 aromatic heterocycles. The number of aryl methyl sites for hydroxylation is 1. The third-order valence-electron chi connectivity index (χ3n) is 4.86. The van der Waals surface area contributed by atoms with Crippen LogP contribution in [0, 0.1) is 6.92 Å². The van der Waals surface area contributed by atoms with Crippen molar-refractivity contribution in [3.63, 3.8) is 0 Å². The molecule has 7 heteroatoms. The van der Waals surface area contributed by atoms with Gasteiger partial charge in [-0.2, -0.15) is 5.10 Å². The number of benzene rings is 2.